The van der Waals surface area contributed by atoms with Crippen LogP contribution in [0.4, 0.5) is 13.2 Å². The molecule has 0 rings (SSSR count). The van der Waals surface area contributed by atoms with Gasteiger partial charge in [-0.15, -0.1) is 0 Å². The molecule has 0 fully saturated rings. The molecule has 0 aliphatic heterocycles. The van der Waals surface area contributed by atoms with E-state index in [1.54, 1.807) is 14.0 Å². The van der Waals surface area contributed by atoms with Gasteiger partial charge in [0, 0.05) is 0 Å². The molecule has 11 heavy (non-hydrogen) atoms. The minimum atomic E-state index is -4.06. The molecule has 0 aliphatic rings. The summed E-state index contributed by atoms with van der Waals surface area (Å²) < 4.78 is 36.0. The Bertz CT molecular complexity index is 111. The molecule has 68 valence electrons. The van der Waals surface area contributed by atoms with E-state index < -0.39 is 12.1 Å². The molecule has 0 saturated carbocycles. The lowest BCUT2D eigenvalue weighted by atomic mass is 9.95. The van der Waals surface area contributed by atoms with Crippen LogP contribution in [-0.2, 0) is 0 Å². The van der Waals surface area contributed by atoms with Crippen LogP contribution in [-0.4, -0.2) is 19.8 Å². The predicted octanol–water partition coefficient (Wildman–Crippen LogP) is 2.04. The molecular formula is C7H14F3N. The van der Waals surface area contributed by atoms with Crippen molar-refractivity contribution in [2.24, 2.45) is 11.8 Å². The van der Waals surface area contributed by atoms with Crippen LogP contribution in [0.15, 0.2) is 0 Å². The summed E-state index contributed by atoms with van der Waals surface area (Å²) in [5.74, 6) is -1.59. The second-order valence-electron chi connectivity index (χ2n) is 2.87. The number of alkyl halides is 3. The first-order chi connectivity index (χ1) is 4.89. The number of nitrogens with one attached hydrogen (secondary N) is 1. The Morgan fingerprint density at radius 3 is 2.00 bits per heavy atom. The highest BCUT2D eigenvalue weighted by atomic mass is 19.4. The van der Waals surface area contributed by atoms with Gasteiger partial charge >= 0.3 is 6.18 Å². The summed E-state index contributed by atoms with van der Waals surface area (Å²) in [7, 11) is 1.65. The van der Waals surface area contributed by atoms with Crippen molar-refractivity contribution in [1.82, 2.24) is 5.32 Å². The van der Waals surface area contributed by atoms with Gasteiger partial charge in [0.25, 0.3) is 0 Å². The fourth-order valence-corrected chi connectivity index (χ4v) is 0.821. The topological polar surface area (TPSA) is 12.0 Å². The Morgan fingerprint density at radius 1 is 1.27 bits per heavy atom. The fraction of sp³-hybridized carbons (Fsp3) is 1.00. The van der Waals surface area contributed by atoms with E-state index in [1.165, 1.54) is 6.92 Å². The van der Waals surface area contributed by atoms with E-state index in [4.69, 9.17) is 0 Å². The lowest BCUT2D eigenvalue weighted by Crippen LogP contribution is -2.31. The number of halogens is 3. The summed E-state index contributed by atoms with van der Waals surface area (Å²) in [4.78, 5) is 0. The molecule has 2 atom stereocenters. The van der Waals surface area contributed by atoms with Gasteiger partial charge in [-0.1, -0.05) is 13.8 Å². The minimum absolute atomic E-state index is 0.361. The second kappa shape index (κ2) is 3.95. The molecule has 0 radical (unpaired) electrons. The Labute approximate surface area is 65.0 Å². The van der Waals surface area contributed by atoms with Gasteiger partial charge in [0.1, 0.15) is 0 Å². The zero-order valence-corrected chi connectivity index (χ0v) is 7.00. The van der Waals surface area contributed by atoms with Crippen molar-refractivity contribution < 1.29 is 13.2 Å². The van der Waals surface area contributed by atoms with Crippen molar-refractivity contribution in [3.05, 3.63) is 0 Å². The molecule has 0 aromatic carbocycles. The third-order valence-electron chi connectivity index (χ3n) is 1.90. The number of rotatable bonds is 3. The fourth-order valence-electron chi connectivity index (χ4n) is 0.821. The molecule has 0 aliphatic carbocycles. The van der Waals surface area contributed by atoms with Gasteiger partial charge in [-0.2, -0.15) is 13.2 Å². The lowest BCUT2D eigenvalue weighted by Gasteiger charge is -2.21. The molecule has 0 saturated heterocycles. The average Bonchev–Trinajstić information content (AvgIpc) is 1.85. The third kappa shape index (κ3) is 3.60. The highest BCUT2D eigenvalue weighted by molar-refractivity contribution is 4.69. The van der Waals surface area contributed by atoms with Gasteiger partial charge in [-0.3, -0.25) is 0 Å². The van der Waals surface area contributed by atoms with E-state index in [-0.39, 0.29) is 5.92 Å². The van der Waals surface area contributed by atoms with E-state index in [0.717, 1.165) is 0 Å². The standard InChI is InChI=1S/C7H14F3N/c1-5(4-11-3)6(2)7(8,9)10/h5-6,11H,4H2,1-3H3. The van der Waals surface area contributed by atoms with Crippen LogP contribution in [0.5, 0.6) is 0 Å². The van der Waals surface area contributed by atoms with Crippen molar-refractivity contribution in [1.29, 1.82) is 0 Å². The molecule has 1 N–H and O–H groups in total. The summed E-state index contributed by atoms with van der Waals surface area (Å²) >= 11 is 0. The zero-order chi connectivity index (χ0) is 9.07. The molecule has 2 unspecified atom stereocenters. The molecular weight excluding hydrogens is 155 g/mol. The van der Waals surface area contributed by atoms with Gasteiger partial charge in [0.15, 0.2) is 0 Å². The highest BCUT2D eigenvalue weighted by Gasteiger charge is 2.38. The van der Waals surface area contributed by atoms with Crippen molar-refractivity contribution in [3.63, 3.8) is 0 Å². The van der Waals surface area contributed by atoms with Crippen LogP contribution in [0.2, 0.25) is 0 Å². The van der Waals surface area contributed by atoms with E-state index in [1.807, 2.05) is 0 Å². The predicted molar refractivity (Wildman–Crippen MR) is 38.3 cm³/mol. The van der Waals surface area contributed by atoms with Crippen molar-refractivity contribution in [2.75, 3.05) is 13.6 Å². The van der Waals surface area contributed by atoms with Gasteiger partial charge < -0.3 is 5.32 Å². The van der Waals surface area contributed by atoms with Crippen LogP contribution >= 0.6 is 0 Å². The summed E-state index contributed by atoms with van der Waals surface area (Å²) in [5, 5.41) is 2.72. The summed E-state index contributed by atoms with van der Waals surface area (Å²) in [6.07, 6.45) is -4.06. The van der Waals surface area contributed by atoms with Crippen LogP contribution in [0, 0.1) is 11.8 Å². The van der Waals surface area contributed by atoms with Crippen LogP contribution in [0.25, 0.3) is 0 Å². The SMILES string of the molecule is CNCC(C)C(C)C(F)(F)F. The maximum absolute atomic E-state index is 12.0. The van der Waals surface area contributed by atoms with Crippen molar-refractivity contribution in [3.8, 4) is 0 Å². The Morgan fingerprint density at radius 2 is 1.73 bits per heavy atom. The first-order valence-corrected chi connectivity index (χ1v) is 3.61. The maximum atomic E-state index is 12.0. The van der Waals surface area contributed by atoms with Crippen molar-refractivity contribution in [2.45, 2.75) is 20.0 Å². The molecule has 0 amide bonds. The molecule has 0 heterocycles. The average molecular weight is 169 g/mol. The smallest absolute Gasteiger partial charge is 0.319 e. The molecule has 4 heteroatoms. The Kier molecular flexibility index (Phi) is 3.86. The maximum Gasteiger partial charge on any atom is 0.391 e. The van der Waals surface area contributed by atoms with Gasteiger partial charge in [0.2, 0.25) is 0 Å². The zero-order valence-electron chi connectivity index (χ0n) is 7.00. The van der Waals surface area contributed by atoms with Crippen molar-refractivity contribution >= 4 is 0 Å². The van der Waals surface area contributed by atoms with E-state index in [0.29, 0.717) is 6.54 Å². The van der Waals surface area contributed by atoms with Crippen LogP contribution in [0.1, 0.15) is 13.8 Å². The second-order valence-corrected chi connectivity index (χ2v) is 2.87. The Hall–Kier alpha value is -0.250. The quantitative estimate of drug-likeness (QED) is 0.681. The number of hydrogen-bond donors (Lipinski definition) is 1. The molecule has 1 nitrogen and oxygen atoms in total. The summed E-state index contributed by atoms with van der Waals surface area (Å²) in [5.41, 5.74) is 0. The van der Waals surface area contributed by atoms with E-state index in [9.17, 15) is 13.2 Å². The first-order valence-electron chi connectivity index (χ1n) is 3.61. The largest absolute Gasteiger partial charge is 0.391 e. The first kappa shape index (κ1) is 10.8. The Balaban J connectivity index is 3.91. The summed E-state index contributed by atoms with van der Waals surface area (Å²) in [6, 6.07) is 0. The molecule has 0 aromatic heterocycles. The third-order valence-corrected chi connectivity index (χ3v) is 1.90. The van der Waals surface area contributed by atoms with E-state index in [2.05, 4.69) is 5.32 Å². The molecule has 0 spiro atoms. The minimum Gasteiger partial charge on any atom is -0.319 e. The van der Waals surface area contributed by atoms with E-state index >= 15 is 0 Å². The highest BCUT2D eigenvalue weighted by Crippen LogP contribution is 2.30. The van der Waals surface area contributed by atoms with Gasteiger partial charge in [0.05, 0.1) is 5.92 Å². The monoisotopic (exact) mass is 169 g/mol. The normalized spacial score (nSPS) is 18.0. The van der Waals surface area contributed by atoms with Gasteiger partial charge in [-0.25, -0.2) is 0 Å². The van der Waals surface area contributed by atoms with Crippen LogP contribution < -0.4 is 5.32 Å². The van der Waals surface area contributed by atoms with Crippen LogP contribution in [0.3, 0.4) is 0 Å². The lowest BCUT2D eigenvalue weighted by molar-refractivity contribution is -0.181. The molecule has 0 aromatic rings. The summed E-state index contributed by atoms with van der Waals surface area (Å²) in [6.45, 7) is 3.21. The van der Waals surface area contributed by atoms with Gasteiger partial charge in [-0.05, 0) is 19.5 Å². The molecule has 0 bridgehead atoms. The number of hydrogen-bond acceptors (Lipinski definition) is 1.